The molecule has 1 fully saturated rings. The SMILES string of the molecule is Cc1cc(C)cc(N2CC(CNC(=O)C(C)(C)C)OCC2=O)c1. The first-order valence-corrected chi connectivity index (χ1v) is 7.95. The van der Waals surface area contributed by atoms with E-state index in [9.17, 15) is 9.59 Å². The van der Waals surface area contributed by atoms with Crippen molar-refractivity contribution in [1.82, 2.24) is 5.32 Å². The number of aryl methyl sites for hydroxylation is 2. The van der Waals surface area contributed by atoms with Crippen LogP contribution in [-0.2, 0) is 14.3 Å². The minimum Gasteiger partial charge on any atom is -0.365 e. The van der Waals surface area contributed by atoms with Gasteiger partial charge in [-0.2, -0.15) is 0 Å². The molecule has 1 unspecified atom stereocenters. The highest BCUT2D eigenvalue weighted by molar-refractivity contribution is 5.95. The van der Waals surface area contributed by atoms with E-state index in [1.54, 1.807) is 4.90 Å². The summed E-state index contributed by atoms with van der Waals surface area (Å²) in [5, 5.41) is 2.90. The molecular weight excluding hydrogens is 292 g/mol. The Labute approximate surface area is 138 Å². The Kier molecular flexibility index (Phi) is 5.09. The van der Waals surface area contributed by atoms with Crippen molar-refractivity contribution in [2.75, 3.05) is 24.6 Å². The van der Waals surface area contributed by atoms with Crippen LogP contribution in [0.15, 0.2) is 18.2 Å². The van der Waals surface area contributed by atoms with E-state index in [4.69, 9.17) is 4.74 Å². The molecule has 126 valence electrons. The molecule has 2 rings (SSSR count). The van der Waals surface area contributed by atoms with E-state index in [0.29, 0.717) is 13.1 Å². The van der Waals surface area contributed by atoms with Gasteiger partial charge in [0.2, 0.25) is 5.91 Å². The second kappa shape index (κ2) is 6.71. The first kappa shape index (κ1) is 17.5. The molecule has 0 saturated carbocycles. The van der Waals surface area contributed by atoms with Crippen LogP contribution < -0.4 is 10.2 Å². The van der Waals surface area contributed by atoms with E-state index >= 15 is 0 Å². The molecule has 0 bridgehead atoms. The van der Waals surface area contributed by atoms with Gasteiger partial charge in [-0.3, -0.25) is 9.59 Å². The molecule has 1 heterocycles. The van der Waals surface area contributed by atoms with Crippen LogP contribution >= 0.6 is 0 Å². The molecule has 0 radical (unpaired) electrons. The van der Waals surface area contributed by atoms with Crippen LogP contribution in [0.1, 0.15) is 31.9 Å². The highest BCUT2D eigenvalue weighted by Crippen LogP contribution is 2.22. The molecule has 1 N–H and O–H groups in total. The molecule has 5 nitrogen and oxygen atoms in total. The molecule has 2 amide bonds. The third-order valence-electron chi connectivity index (χ3n) is 3.82. The van der Waals surface area contributed by atoms with E-state index in [1.807, 2.05) is 46.8 Å². The Morgan fingerprint density at radius 2 is 1.87 bits per heavy atom. The normalized spacial score (nSPS) is 18.9. The molecular formula is C18H26N2O3. The maximum Gasteiger partial charge on any atom is 0.253 e. The minimum absolute atomic E-state index is 0.0176. The lowest BCUT2D eigenvalue weighted by Crippen LogP contribution is -2.51. The van der Waals surface area contributed by atoms with E-state index in [2.05, 4.69) is 11.4 Å². The second-order valence-corrected chi connectivity index (χ2v) is 7.24. The zero-order chi connectivity index (χ0) is 17.2. The third-order valence-corrected chi connectivity index (χ3v) is 3.82. The highest BCUT2D eigenvalue weighted by Gasteiger charge is 2.29. The molecule has 1 aliphatic heterocycles. The first-order valence-electron chi connectivity index (χ1n) is 7.95. The van der Waals surface area contributed by atoms with Crippen LogP contribution in [0.3, 0.4) is 0 Å². The Morgan fingerprint density at radius 3 is 2.43 bits per heavy atom. The summed E-state index contributed by atoms with van der Waals surface area (Å²) in [4.78, 5) is 25.9. The van der Waals surface area contributed by atoms with Gasteiger partial charge in [-0.1, -0.05) is 26.8 Å². The number of morpholine rings is 1. The molecule has 0 aliphatic carbocycles. The number of benzene rings is 1. The van der Waals surface area contributed by atoms with Gasteiger partial charge in [-0.25, -0.2) is 0 Å². The Hall–Kier alpha value is -1.88. The van der Waals surface area contributed by atoms with Crippen molar-refractivity contribution >= 4 is 17.5 Å². The van der Waals surface area contributed by atoms with Crippen molar-refractivity contribution in [3.05, 3.63) is 29.3 Å². The molecule has 1 atom stereocenters. The topological polar surface area (TPSA) is 58.6 Å². The maximum atomic E-state index is 12.2. The van der Waals surface area contributed by atoms with Gasteiger partial charge in [0, 0.05) is 17.6 Å². The maximum absolute atomic E-state index is 12.2. The lowest BCUT2D eigenvalue weighted by Gasteiger charge is -2.33. The minimum atomic E-state index is -0.433. The standard InChI is InChI=1S/C18H26N2O3/c1-12-6-13(2)8-14(7-12)20-10-15(23-11-16(20)21)9-19-17(22)18(3,4)5/h6-8,15H,9-11H2,1-5H3,(H,19,22). The van der Waals surface area contributed by atoms with Crippen LogP contribution in [-0.4, -0.2) is 37.6 Å². The largest absolute Gasteiger partial charge is 0.365 e. The van der Waals surface area contributed by atoms with Gasteiger partial charge in [0.1, 0.15) is 6.61 Å². The monoisotopic (exact) mass is 318 g/mol. The van der Waals surface area contributed by atoms with Gasteiger partial charge in [0.15, 0.2) is 0 Å². The summed E-state index contributed by atoms with van der Waals surface area (Å²) < 4.78 is 5.56. The van der Waals surface area contributed by atoms with Gasteiger partial charge >= 0.3 is 0 Å². The van der Waals surface area contributed by atoms with Gasteiger partial charge < -0.3 is 15.0 Å². The van der Waals surface area contributed by atoms with Crippen LogP contribution in [0, 0.1) is 19.3 Å². The van der Waals surface area contributed by atoms with E-state index in [1.165, 1.54) is 0 Å². The summed E-state index contributed by atoms with van der Waals surface area (Å²) in [5.74, 6) is -0.0654. The van der Waals surface area contributed by atoms with Crippen molar-refractivity contribution in [3.63, 3.8) is 0 Å². The zero-order valence-corrected chi connectivity index (χ0v) is 14.6. The summed E-state index contributed by atoms with van der Waals surface area (Å²) in [7, 11) is 0. The summed E-state index contributed by atoms with van der Waals surface area (Å²) in [5.41, 5.74) is 2.70. The Bertz CT molecular complexity index is 585. The van der Waals surface area contributed by atoms with Gasteiger partial charge in [-0.05, 0) is 37.1 Å². The van der Waals surface area contributed by atoms with E-state index in [0.717, 1.165) is 16.8 Å². The molecule has 1 saturated heterocycles. The zero-order valence-electron chi connectivity index (χ0n) is 14.6. The van der Waals surface area contributed by atoms with Crippen LogP contribution in [0.4, 0.5) is 5.69 Å². The van der Waals surface area contributed by atoms with E-state index < -0.39 is 5.41 Å². The molecule has 1 aliphatic rings. The summed E-state index contributed by atoms with van der Waals surface area (Å²) >= 11 is 0. The lowest BCUT2D eigenvalue weighted by atomic mass is 9.95. The van der Waals surface area contributed by atoms with Gasteiger partial charge in [-0.15, -0.1) is 0 Å². The van der Waals surface area contributed by atoms with Crippen LogP contribution in [0.5, 0.6) is 0 Å². The van der Waals surface area contributed by atoms with Crippen molar-refractivity contribution < 1.29 is 14.3 Å². The molecule has 1 aromatic carbocycles. The number of carbonyl (C=O) groups is 2. The molecule has 1 aromatic rings. The number of anilines is 1. The lowest BCUT2D eigenvalue weighted by molar-refractivity contribution is -0.131. The number of carbonyl (C=O) groups excluding carboxylic acids is 2. The number of rotatable bonds is 3. The average molecular weight is 318 g/mol. The summed E-state index contributed by atoms with van der Waals surface area (Å²) in [6.45, 7) is 10.5. The van der Waals surface area contributed by atoms with Crippen molar-refractivity contribution in [1.29, 1.82) is 0 Å². The van der Waals surface area contributed by atoms with Crippen molar-refractivity contribution in [2.24, 2.45) is 5.41 Å². The summed E-state index contributed by atoms with van der Waals surface area (Å²) in [6.07, 6.45) is -0.195. The smallest absolute Gasteiger partial charge is 0.253 e. The predicted octanol–water partition coefficient (Wildman–Crippen LogP) is 2.20. The molecule has 0 spiro atoms. The van der Waals surface area contributed by atoms with Crippen LogP contribution in [0.2, 0.25) is 0 Å². The Balaban J connectivity index is 2.04. The highest BCUT2D eigenvalue weighted by atomic mass is 16.5. The third kappa shape index (κ3) is 4.55. The van der Waals surface area contributed by atoms with Crippen LogP contribution in [0.25, 0.3) is 0 Å². The first-order chi connectivity index (χ1) is 10.7. The Morgan fingerprint density at radius 1 is 1.26 bits per heavy atom. The van der Waals surface area contributed by atoms with Gasteiger partial charge in [0.25, 0.3) is 5.91 Å². The fourth-order valence-corrected chi connectivity index (χ4v) is 2.58. The fourth-order valence-electron chi connectivity index (χ4n) is 2.58. The van der Waals surface area contributed by atoms with E-state index in [-0.39, 0.29) is 24.5 Å². The number of amides is 2. The summed E-state index contributed by atoms with van der Waals surface area (Å²) in [6, 6.07) is 6.08. The number of hydrogen-bond acceptors (Lipinski definition) is 3. The molecule has 0 aromatic heterocycles. The number of hydrogen-bond donors (Lipinski definition) is 1. The van der Waals surface area contributed by atoms with Gasteiger partial charge in [0.05, 0.1) is 12.6 Å². The quantitative estimate of drug-likeness (QED) is 0.929. The van der Waals surface area contributed by atoms with Crippen molar-refractivity contribution in [3.8, 4) is 0 Å². The fraction of sp³-hybridized carbons (Fsp3) is 0.556. The molecule has 23 heavy (non-hydrogen) atoms. The second-order valence-electron chi connectivity index (χ2n) is 7.24. The van der Waals surface area contributed by atoms with Crippen molar-refractivity contribution in [2.45, 2.75) is 40.7 Å². The average Bonchev–Trinajstić information content (AvgIpc) is 2.43. The number of nitrogens with zero attached hydrogens (tertiary/aromatic N) is 1. The number of ether oxygens (including phenoxy) is 1. The number of nitrogens with one attached hydrogen (secondary N) is 1. The molecule has 5 heteroatoms. The predicted molar refractivity (Wildman–Crippen MR) is 90.5 cm³/mol.